The summed E-state index contributed by atoms with van der Waals surface area (Å²) >= 11 is 12.0. The fourth-order valence-electron chi connectivity index (χ4n) is 2.44. The van der Waals surface area contributed by atoms with Gasteiger partial charge >= 0.3 is 0 Å². The Kier molecular flexibility index (Phi) is 4.48. The molecule has 0 radical (unpaired) electrons. The summed E-state index contributed by atoms with van der Waals surface area (Å²) in [5, 5.41) is 0.668. The second-order valence-electron chi connectivity index (χ2n) is 8.38. The highest BCUT2D eigenvalue weighted by Crippen LogP contribution is 2.49. The zero-order valence-corrected chi connectivity index (χ0v) is 17.4. The quantitative estimate of drug-likeness (QED) is 0.414. The average molecular weight is 387 g/mol. The molecule has 2 aromatic rings. The van der Waals surface area contributed by atoms with Crippen molar-refractivity contribution in [2.45, 2.75) is 58.3 Å². The first-order valence-corrected chi connectivity index (χ1v) is 11.9. The van der Waals surface area contributed by atoms with Gasteiger partial charge in [-0.1, -0.05) is 32.4 Å². The fraction of sp³-hybridized carbons (Fsp3) is 0.688. The third-order valence-corrected chi connectivity index (χ3v) is 10.3. The highest BCUT2D eigenvalue weighted by atomic mass is 35.5. The molecule has 1 aliphatic carbocycles. The van der Waals surface area contributed by atoms with Gasteiger partial charge in [0.1, 0.15) is 5.52 Å². The second-order valence-corrected chi connectivity index (χ2v) is 13.9. The maximum atomic E-state index is 6.45. The number of hydrogen-bond donors (Lipinski definition) is 0. The lowest BCUT2D eigenvalue weighted by Crippen LogP contribution is -2.42. The van der Waals surface area contributed by atoms with E-state index in [0.717, 1.165) is 26.0 Å². The lowest BCUT2D eigenvalue weighted by molar-refractivity contribution is 0.199. The third kappa shape index (κ3) is 3.47. The van der Waals surface area contributed by atoms with Gasteiger partial charge in [0.2, 0.25) is 5.28 Å². The predicted molar refractivity (Wildman–Crippen MR) is 100 cm³/mol. The number of hydrogen-bond acceptors (Lipinski definition) is 4. The summed E-state index contributed by atoms with van der Waals surface area (Å²) in [5.74, 6) is 0. The van der Waals surface area contributed by atoms with Crippen molar-refractivity contribution in [1.82, 2.24) is 19.5 Å². The van der Waals surface area contributed by atoms with E-state index in [9.17, 15) is 0 Å². The molecule has 0 N–H and O–H groups in total. The van der Waals surface area contributed by atoms with E-state index in [1.807, 2.05) is 4.57 Å². The Morgan fingerprint density at radius 3 is 2.50 bits per heavy atom. The van der Waals surface area contributed by atoms with E-state index < -0.39 is 8.32 Å². The summed E-state index contributed by atoms with van der Waals surface area (Å²) in [4.78, 5) is 12.6. The molecule has 0 aromatic carbocycles. The molecule has 0 spiro atoms. The molecular weight excluding hydrogens is 363 g/mol. The van der Waals surface area contributed by atoms with Gasteiger partial charge in [-0.05, 0) is 42.6 Å². The van der Waals surface area contributed by atoms with E-state index in [4.69, 9.17) is 27.6 Å². The van der Waals surface area contributed by atoms with Crippen molar-refractivity contribution in [3.63, 3.8) is 0 Å². The van der Waals surface area contributed by atoms with Gasteiger partial charge in [0.05, 0.1) is 6.33 Å². The fourth-order valence-corrected chi connectivity index (χ4v) is 3.96. The summed E-state index contributed by atoms with van der Waals surface area (Å²) in [6.45, 7) is 13.0. The third-order valence-electron chi connectivity index (χ3n) is 5.40. The highest BCUT2D eigenvalue weighted by molar-refractivity contribution is 6.74. The molecule has 1 saturated carbocycles. The van der Waals surface area contributed by atoms with E-state index in [1.54, 1.807) is 6.33 Å². The van der Waals surface area contributed by atoms with Gasteiger partial charge in [0.15, 0.2) is 19.1 Å². The molecule has 0 bridgehead atoms. The number of imidazole rings is 1. The van der Waals surface area contributed by atoms with E-state index in [2.05, 4.69) is 48.8 Å². The SMILES string of the molecule is CC(C)(C)[Si](C)(C)OCC1(Cn2cnc3c(Cl)nc(Cl)nc32)CC1. The first-order valence-electron chi connectivity index (χ1n) is 8.21. The second kappa shape index (κ2) is 5.94. The molecule has 1 aliphatic rings. The summed E-state index contributed by atoms with van der Waals surface area (Å²) in [7, 11) is -1.74. The van der Waals surface area contributed by atoms with Gasteiger partial charge in [-0.15, -0.1) is 0 Å². The maximum Gasteiger partial charge on any atom is 0.225 e. The number of rotatable bonds is 5. The maximum absolute atomic E-state index is 6.45. The van der Waals surface area contributed by atoms with Crippen LogP contribution in [0.3, 0.4) is 0 Å². The van der Waals surface area contributed by atoms with Crippen LogP contribution in [0.25, 0.3) is 11.2 Å². The zero-order valence-electron chi connectivity index (χ0n) is 14.9. The minimum atomic E-state index is -1.74. The average Bonchev–Trinajstić information content (AvgIpc) is 3.10. The number of fused-ring (bicyclic) bond motifs is 1. The first kappa shape index (κ1) is 18.1. The Bertz CT molecular complexity index is 765. The van der Waals surface area contributed by atoms with Gasteiger partial charge < -0.3 is 8.99 Å². The lowest BCUT2D eigenvalue weighted by Gasteiger charge is -2.37. The molecule has 0 saturated heterocycles. The summed E-state index contributed by atoms with van der Waals surface area (Å²) in [5.41, 5.74) is 1.47. The van der Waals surface area contributed by atoms with Crippen molar-refractivity contribution < 1.29 is 4.43 Å². The van der Waals surface area contributed by atoms with Crippen LogP contribution >= 0.6 is 23.2 Å². The van der Waals surface area contributed by atoms with Crippen molar-refractivity contribution >= 4 is 42.7 Å². The van der Waals surface area contributed by atoms with E-state index in [-0.39, 0.29) is 15.7 Å². The summed E-state index contributed by atoms with van der Waals surface area (Å²) in [6.07, 6.45) is 4.09. The van der Waals surface area contributed by atoms with Gasteiger partial charge in [0.25, 0.3) is 0 Å². The number of aromatic nitrogens is 4. The smallest absolute Gasteiger partial charge is 0.225 e. The van der Waals surface area contributed by atoms with Crippen LogP contribution in [0, 0.1) is 5.41 Å². The van der Waals surface area contributed by atoms with E-state index >= 15 is 0 Å². The standard InChI is InChI=1S/C16H24Cl2N4OSi/c1-15(2,3)24(4,5)23-9-16(6-7-16)8-22-10-19-11-12(17)20-14(18)21-13(11)22/h10H,6-9H2,1-5H3. The van der Waals surface area contributed by atoms with Crippen LogP contribution in [0.15, 0.2) is 6.33 Å². The van der Waals surface area contributed by atoms with Crippen LogP contribution in [-0.2, 0) is 11.0 Å². The van der Waals surface area contributed by atoms with Crippen LogP contribution in [0.1, 0.15) is 33.6 Å². The number of nitrogens with zero attached hydrogens (tertiary/aromatic N) is 4. The summed E-state index contributed by atoms with van der Waals surface area (Å²) < 4.78 is 8.47. The summed E-state index contributed by atoms with van der Waals surface area (Å²) in [6, 6.07) is 0. The molecule has 24 heavy (non-hydrogen) atoms. The molecule has 3 rings (SSSR count). The van der Waals surface area contributed by atoms with Crippen LogP contribution in [0.4, 0.5) is 0 Å². The Morgan fingerprint density at radius 1 is 1.25 bits per heavy atom. The van der Waals surface area contributed by atoms with Crippen molar-refractivity contribution in [2.75, 3.05) is 6.61 Å². The molecule has 8 heteroatoms. The minimum absolute atomic E-state index is 0.150. The topological polar surface area (TPSA) is 52.8 Å². The molecule has 0 unspecified atom stereocenters. The van der Waals surface area contributed by atoms with Gasteiger partial charge in [-0.2, -0.15) is 4.98 Å². The van der Waals surface area contributed by atoms with Gasteiger partial charge in [0, 0.05) is 18.6 Å². The first-order chi connectivity index (χ1) is 11.0. The van der Waals surface area contributed by atoms with Crippen molar-refractivity contribution in [3.8, 4) is 0 Å². The van der Waals surface area contributed by atoms with E-state index in [1.165, 1.54) is 0 Å². The van der Waals surface area contributed by atoms with E-state index in [0.29, 0.717) is 16.3 Å². The predicted octanol–water partition coefficient (Wildman–Crippen LogP) is 4.94. The van der Waals surface area contributed by atoms with Crippen LogP contribution in [-0.4, -0.2) is 34.4 Å². The molecule has 132 valence electrons. The van der Waals surface area contributed by atoms with Gasteiger partial charge in [-0.3, -0.25) is 0 Å². The molecule has 0 amide bonds. The molecule has 0 atom stereocenters. The van der Waals surface area contributed by atoms with Crippen LogP contribution < -0.4 is 0 Å². The van der Waals surface area contributed by atoms with Crippen molar-refractivity contribution in [1.29, 1.82) is 0 Å². The molecule has 2 aromatic heterocycles. The monoisotopic (exact) mass is 386 g/mol. The molecule has 2 heterocycles. The molecule has 1 fully saturated rings. The Balaban J connectivity index is 1.77. The lowest BCUT2D eigenvalue weighted by atomic mass is 10.1. The molecular formula is C16H24Cl2N4OSi. The largest absolute Gasteiger partial charge is 0.416 e. The van der Waals surface area contributed by atoms with Crippen LogP contribution in [0.2, 0.25) is 28.6 Å². The normalized spacial score (nSPS) is 17.5. The zero-order chi connectivity index (χ0) is 17.8. The minimum Gasteiger partial charge on any atom is -0.416 e. The van der Waals surface area contributed by atoms with Gasteiger partial charge in [-0.25, -0.2) is 9.97 Å². The van der Waals surface area contributed by atoms with Crippen LogP contribution in [0.5, 0.6) is 0 Å². The number of halogens is 2. The Hall–Kier alpha value is -0.693. The Morgan fingerprint density at radius 2 is 1.92 bits per heavy atom. The van der Waals surface area contributed by atoms with Crippen molar-refractivity contribution in [2.24, 2.45) is 5.41 Å². The highest BCUT2D eigenvalue weighted by Gasteiger charge is 2.47. The van der Waals surface area contributed by atoms with Crippen molar-refractivity contribution in [3.05, 3.63) is 16.8 Å². The molecule has 0 aliphatic heterocycles. The molecule has 5 nitrogen and oxygen atoms in total. The Labute approximate surface area is 153 Å².